The van der Waals surface area contributed by atoms with Gasteiger partial charge in [0, 0.05) is 38.1 Å². The van der Waals surface area contributed by atoms with E-state index in [4.69, 9.17) is 4.74 Å². The Morgan fingerprint density at radius 1 is 1.36 bits per heavy atom. The average Bonchev–Trinajstić information content (AvgIpc) is 2.47. The van der Waals surface area contributed by atoms with Crippen molar-refractivity contribution in [2.24, 2.45) is 0 Å². The van der Waals surface area contributed by atoms with Crippen molar-refractivity contribution in [3.05, 3.63) is 30.1 Å². The molecule has 1 saturated heterocycles. The third kappa shape index (κ3) is 5.30. The lowest BCUT2D eigenvalue weighted by Gasteiger charge is -2.37. The van der Waals surface area contributed by atoms with Crippen LogP contribution in [0.3, 0.4) is 0 Å². The largest absolute Gasteiger partial charge is 0.444 e. The number of pyridine rings is 1. The highest BCUT2D eigenvalue weighted by Gasteiger charge is 2.30. The van der Waals surface area contributed by atoms with Gasteiger partial charge in [-0.3, -0.25) is 4.98 Å². The number of ether oxygens (including phenoxy) is 1. The molecule has 5 nitrogen and oxygen atoms in total. The maximum absolute atomic E-state index is 12.3. The van der Waals surface area contributed by atoms with E-state index < -0.39 is 5.60 Å². The molecule has 2 heterocycles. The van der Waals surface area contributed by atoms with Gasteiger partial charge in [0.1, 0.15) is 5.60 Å². The van der Waals surface area contributed by atoms with Crippen LogP contribution in [0.4, 0.5) is 4.79 Å². The number of aromatic nitrogens is 1. The molecule has 0 saturated carbocycles. The molecule has 5 heteroatoms. The first kappa shape index (κ1) is 16.7. The van der Waals surface area contributed by atoms with E-state index in [9.17, 15) is 4.79 Å². The minimum atomic E-state index is -0.441. The molecule has 2 rings (SSSR count). The van der Waals surface area contributed by atoms with E-state index in [-0.39, 0.29) is 12.1 Å². The SMILES string of the molecule is CC(C)(C)OC(=O)N1CCCCC1CNCc1ccncc1. The molecular formula is C17H27N3O2. The number of carbonyl (C=O) groups is 1. The van der Waals surface area contributed by atoms with Crippen LogP contribution in [0.25, 0.3) is 0 Å². The normalized spacial score (nSPS) is 19.0. The van der Waals surface area contributed by atoms with Gasteiger partial charge in [-0.2, -0.15) is 0 Å². The highest BCUT2D eigenvalue weighted by molar-refractivity contribution is 5.68. The molecule has 0 spiro atoms. The summed E-state index contributed by atoms with van der Waals surface area (Å²) in [6.45, 7) is 8.10. The molecule has 22 heavy (non-hydrogen) atoms. The molecule has 1 unspecified atom stereocenters. The molecule has 1 aromatic heterocycles. The van der Waals surface area contributed by atoms with E-state index in [1.165, 1.54) is 12.0 Å². The number of piperidine rings is 1. The Labute approximate surface area is 133 Å². The van der Waals surface area contributed by atoms with Crippen LogP contribution < -0.4 is 5.32 Å². The first-order valence-electron chi connectivity index (χ1n) is 8.05. The predicted molar refractivity (Wildman–Crippen MR) is 86.5 cm³/mol. The predicted octanol–water partition coefficient (Wildman–Crippen LogP) is 2.96. The van der Waals surface area contributed by atoms with Gasteiger partial charge in [-0.15, -0.1) is 0 Å². The number of carbonyl (C=O) groups excluding carboxylic acids is 1. The van der Waals surface area contributed by atoms with Crippen LogP contribution in [-0.4, -0.2) is 40.7 Å². The Morgan fingerprint density at radius 3 is 2.77 bits per heavy atom. The standard InChI is InChI=1S/C17H27N3O2/c1-17(2,3)22-16(21)20-11-5-4-6-15(20)13-19-12-14-7-9-18-10-8-14/h7-10,15,19H,4-6,11-13H2,1-3H3. The monoisotopic (exact) mass is 305 g/mol. The van der Waals surface area contributed by atoms with E-state index in [1.807, 2.05) is 37.8 Å². The molecule has 1 atom stereocenters. The lowest BCUT2D eigenvalue weighted by molar-refractivity contribution is 0.00993. The summed E-state index contributed by atoms with van der Waals surface area (Å²) >= 11 is 0. The van der Waals surface area contributed by atoms with Crippen molar-refractivity contribution in [3.63, 3.8) is 0 Å². The smallest absolute Gasteiger partial charge is 0.410 e. The van der Waals surface area contributed by atoms with Gasteiger partial charge < -0.3 is 15.0 Å². The van der Waals surface area contributed by atoms with Gasteiger partial charge in [-0.1, -0.05) is 0 Å². The minimum Gasteiger partial charge on any atom is -0.444 e. The Hall–Kier alpha value is -1.62. The zero-order chi connectivity index (χ0) is 16.0. The zero-order valence-electron chi connectivity index (χ0n) is 13.8. The molecule has 0 aromatic carbocycles. The highest BCUT2D eigenvalue weighted by Crippen LogP contribution is 2.20. The van der Waals surface area contributed by atoms with Crippen LogP contribution in [0.1, 0.15) is 45.6 Å². The van der Waals surface area contributed by atoms with Gasteiger partial charge in [0.15, 0.2) is 0 Å². The second-order valence-electron chi connectivity index (χ2n) is 6.81. The van der Waals surface area contributed by atoms with Crippen LogP contribution in [0.5, 0.6) is 0 Å². The molecule has 122 valence electrons. The number of likely N-dealkylation sites (tertiary alicyclic amines) is 1. The number of hydrogen-bond acceptors (Lipinski definition) is 4. The molecule has 1 aliphatic heterocycles. The molecule has 1 fully saturated rings. The summed E-state index contributed by atoms with van der Waals surface area (Å²) < 4.78 is 5.52. The third-order valence-corrected chi connectivity index (χ3v) is 3.71. The van der Waals surface area contributed by atoms with Crippen LogP contribution in [0, 0.1) is 0 Å². The van der Waals surface area contributed by atoms with Crippen molar-refractivity contribution < 1.29 is 9.53 Å². The molecule has 0 radical (unpaired) electrons. The second kappa shape index (κ2) is 7.58. The number of rotatable bonds is 4. The quantitative estimate of drug-likeness (QED) is 0.929. The van der Waals surface area contributed by atoms with Crippen molar-refractivity contribution in [1.82, 2.24) is 15.2 Å². The molecule has 1 aliphatic rings. The minimum absolute atomic E-state index is 0.192. The van der Waals surface area contributed by atoms with Crippen LogP contribution in [0.2, 0.25) is 0 Å². The van der Waals surface area contributed by atoms with Gasteiger partial charge >= 0.3 is 6.09 Å². The second-order valence-corrected chi connectivity index (χ2v) is 6.81. The molecular weight excluding hydrogens is 278 g/mol. The Kier molecular flexibility index (Phi) is 5.77. The number of nitrogens with zero attached hydrogens (tertiary/aromatic N) is 2. The summed E-state index contributed by atoms with van der Waals surface area (Å²) in [4.78, 5) is 18.2. The third-order valence-electron chi connectivity index (χ3n) is 3.71. The summed E-state index contributed by atoms with van der Waals surface area (Å²) in [6, 6.07) is 4.21. The maximum Gasteiger partial charge on any atom is 0.410 e. The lowest BCUT2D eigenvalue weighted by Crippen LogP contribution is -2.50. The summed E-state index contributed by atoms with van der Waals surface area (Å²) in [5.74, 6) is 0. The lowest BCUT2D eigenvalue weighted by atomic mass is 10.0. The average molecular weight is 305 g/mol. The molecule has 1 aromatic rings. The van der Waals surface area contributed by atoms with Gasteiger partial charge in [0.2, 0.25) is 0 Å². The van der Waals surface area contributed by atoms with Crippen molar-refractivity contribution in [2.45, 2.75) is 58.2 Å². The fourth-order valence-electron chi connectivity index (χ4n) is 2.66. The van der Waals surface area contributed by atoms with Crippen molar-refractivity contribution in [1.29, 1.82) is 0 Å². The van der Waals surface area contributed by atoms with E-state index in [1.54, 1.807) is 12.4 Å². The van der Waals surface area contributed by atoms with Gasteiger partial charge in [0.25, 0.3) is 0 Å². The van der Waals surface area contributed by atoms with Gasteiger partial charge in [0.05, 0.1) is 0 Å². The fourth-order valence-corrected chi connectivity index (χ4v) is 2.66. The first-order valence-corrected chi connectivity index (χ1v) is 8.05. The van der Waals surface area contributed by atoms with Gasteiger partial charge in [-0.05, 0) is 57.7 Å². The van der Waals surface area contributed by atoms with Crippen LogP contribution in [0.15, 0.2) is 24.5 Å². The summed E-state index contributed by atoms with van der Waals surface area (Å²) in [5, 5.41) is 3.44. The van der Waals surface area contributed by atoms with Crippen molar-refractivity contribution >= 4 is 6.09 Å². The fraction of sp³-hybridized carbons (Fsp3) is 0.647. The van der Waals surface area contributed by atoms with Crippen LogP contribution in [-0.2, 0) is 11.3 Å². The van der Waals surface area contributed by atoms with E-state index >= 15 is 0 Å². The summed E-state index contributed by atoms with van der Waals surface area (Å²) in [5.41, 5.74) is 0.762. The van der Waals surface area contributed by atoms with Crippen molar-refractivity contribution in [3.8, 4) is 0 Å². The number of amides is 1. The number of nitrogens with one attached hydrogen (secondary N) is 1. The Morgan fingerprint density at radius 2 is 2.09 bits per heavy atom. The van der Waals surface area contributed by atoms with Gasteiger partial charge in [-0.25, -0.2) is 4.79 Å². The topological polar surface area (TPSA) is 54.5 Å². The zero-order valence-corrected chi connectivity index (χ0v) is 13.8. The highest BCUT2D eigenvalue weighted by atomic mass is 16.6. The summed E-state index contributed by atoms with van der Waals surface area (Å²) in [7, 11) is 0. The van der Waals surface area contributed by atoms with E-state index in [0.717, 1.165) is 32.5 Å². The molecule has 0 aliphatic carbocycles. The summed E-state index contributed by atoms with van der Waals surface area (Å²) in [6.07, 6.45) is 6.65. The van der Waals surface area contributed by atoms with E-state index in [0.29, 0.717) is 0 Å². The van der Waals surface area contributed by atoms with Crippen molar-refractivity contribution in [2.75, 3.05) is 13.1 Å². The Bertz CT molecular complexity index is 471. The maximum atomic E-state index is 12.3. The van der Waals surface area contributed by atoms with Crippen LogP contribution >= 0.6 is 0 Å². The first-order chi connectivity index (χ1) is 10.5. The molecule has 1 amide bonds. The molecule has 0 bridgehead atoms. The number of hydrogen-bond donors (Lipinski definition) is 1. The van der Waals surface area contributed by atoms with E-state index in [2.05, 4.69) is 10.3 Å². The molecule has 1 N–H and O–H groups in total. The Balaban J connectivity index is 1.85.